The highest BCUT2D eigenvalue weighted by Crippen LogP contribution is 2.31. The molecule has 0 radical (unpaired) electrons. The normalized spacial score (nSPS) is 26.2. The number of carbonyl (C=O) groups is 1. The molecule has 1 aromatic heterocycles. The van der Waals surface area contributed by atoms with Crippen LogP contribution in [-0.2, 0) is 11.2 Å². The van der Waals surface area contributed by atoms with Crippen LogP contribution in [0.5, 0.6) is 0 Å². The number of pyridine rings is 1. The number of rotatable bonds is 4. The molecule has 0 saturated heterocycles. The molecule has 0 bridgehead atoms. The average molecular weight is 276 g/mol. The van der Waals surface area contributed by atoms with E-state index < -0.39 is 5.60 Å². The van der Waals surface area contributed by atoms with Crippen molar-refractivity contribution in [1.82, 2.24) is 10.3 Å². The molecule has 1 aromatic rings. The monoisotopic (exact) mass is 276 g/mol. The largest absolute Gasteiger partial charge is 0.388 e. The number of amides is 1. The smallest absolute Gasteiger partial charge is 0.226 e. The van der Waals surface area contributed by atoms with E-state index in [1.165, 1.54) is 0 Å². The first-order chi connectivity index (χ1) is 9.48. The SMILES string of the molecule is Cc1cccnc1CC(=O)NCC1(O)CCC(C)CC1. The van der Waals surface area contributed by atoms with Crippen LogP contribution in [0.3, 0.4) is 0 Å². The maximum atomic E-state index is 12.0. The molecule has 1 saturated carbocycles. The van der Waals surface area contributed by atoms with Gasteiger partial charge in [-0.05, 0) is 50.2 Å². The number of nitrogens with zero attached hydrogens (tertiary/aromatic N) is 1. The number of aryl methyl sites for hydroxylation is 1. The number of nitrogens with one attached hydrogen (secondary N) is 1. The second-order valence-corrected chi connectivity index (χ2v) is 6.13. The average Bonchev–Trinajstić information content (AvgIpc) is 2.43. The predicted molar refractivity (Wildman–Crippen MR) is 78.3 cm³/mol. The number of carbonyl (C=O) groups excluding carboxylic acids is 1. The maximum Gasteiger partial charge on any atom is 0.226 e. The molecule has 4 nitrogen and oxygen atoms in total. The van der Waals surface area contributed by atoms with Gasteiger partial charge in [0.15, 0.2) is 0 Å². The van der Waals surface area contributed by atoms with Crippen molar-refractivity contribution in [3.63, 3.8) is 0 Å². The molecule has 1 amide bonds. The lowest BCUT2D eigenvalue weighted by Crippen LogP contribution is -2.45. The summed E-state index contributed by atoms with van der Waals surface area (Å²) in [6.07, 6.45) is 5.59. The Morgan fingerprint density at radius 1 is 1.50 bits per heavy atom. The van der Waals surface area contributed by atoms with Crippen molar-refractivity contribution in [1.29, 1.82) is 0 Å². The lowest BCUT2D eigenvalue weighted by atomic mass is 9.79. The molecule has 1 aliphatic carbocycles. The van der Waals surface area contributed by atoms with Crippen LogP contribution in [0.1, 0.15) is 43.9 Å². The van der Waals surface area contributed by atoms with Gasteiger partial charge in [0, 0.05) is 12.7 Å². The van der Waals surface area contributed by atoms with E-state index in [4.69, 9.17) is 0 Å². The molecule has 1 aliphatic rings. The number of aliphatic hydroxyl groups is 1. The van der Waals surface area contributed by atoms with Crippen LogP contribution in [0.4, 0.5) is 0 Å². The zero-order valence-corrected chi connectivity index (χ0v) is 12.4. The van der Waals surface area contributed by atoms with E-state index in [0.717, 1.165) is 36.9 Å². The van der Waals surface area contributed by atoms with Gasteiger partial charge in [-0.2, -0.15) is 0 Å². The minimum Gasteiger partial charge on any atom is -0.388 e. The summed E-state index contributed by atoms with van der Waals surface area (Å²) < 4.78 is 0. The van der Waals surface area contributed by atoms with Crippen LogP contribution in [-0.4, -0.2) is 28.1 Å². The second-order valence-electron chi connectivity index (χ2n) is 6.13. The molecule has 0 aromatic carbocycles. The highest BCUT2D eigenvalue weighted by atomic mass is 16.3. The highest BCUT2D eigenvalue weighted by molar-refractivity contribution is 5.78. The van der Waals surface area contributed by atoms with Gasteiger partial charge >= 0.3 is 0 Å². The summed E-state index contributed by atoms with van der Waals surface area (Å²) >= 11 is 0. The Hall–Kier alpha value is -1.42. The summed E-state index contributed by atoms with van der Waals surface area (Å²) in [7, 11) is 0. The van der Waals surface area contributed by atoms with Crippen LogP contribution in [0.15, 0.2) is 18.3 Å². The second kappa shape index (κ2) is 6.35. The van der Waals surface area contributed by atoms with E-state index in [9.17, 15) is 9.90 Å². The van der Waals surface area contributed by atoms with Gasteiger partial charge in [0.2, 0.25) is 5.91 Å². The molecule has 0 atom stereocenters. The van der Waals surface area contributed by atoms with Crippen molar-refractivity contribution in [3.8, 4) is 0 Å². The minimum atomic E-state index is -0.721. The molecule has 20 heavy (non-hydrogen) atoms. The van der Waals surface area contributed by atoms with Gasteiger partial charge in [-0.15, -0.1) is 0 Å². The molecule has 110 valence electrons. The Kier molecular flexibility index (Phi) is 4.76. The van der Waals surface area contributed by atoms with Gasteiger partial charge in [0.1, 0.15) is 0 Å². The number of hydrogen-bond acceptors (Lipinski definition) is 3. The first-order valence-electron chi connectivity index (χ1n) is 7.38. The fourth-order valence-electron chi connectivity index (χ4n) is 2.66. The highest BCUT2D eigenvalue weighted by Gasteiger charge is 2.31. The Morgan fingerprint density at radius 3 is 2.85 bits per heavy atom. The standard InChI is InChI=1S/C16H24N2O2/c1-12-5-7-16(20,8-6-12)11-18-15(19)10-14-13(2)4-3-9-17-14/h3-4,9,12,20H,5-8,10-11H2,1-2H3,(H,18,19). The van der Waals surface area contributed by atoms with Crippen molar-refractivity contribution < 1.29 is 9.90 Å². The summed E-state index contributed by atoms with van der Waals surface area (Å²) in [5.41, 5.74) is 1.10. The van der Waals surface area contributed by atoms with Crippen molar-refractivity contribution >= 4 is 5.91 Å². The van der Waals surface area contributed by atoms with E-state index in [2.05, 4.69) is 17.2 Å². The van der Waals surface area contributed by atoms with Crippen molar-refractivity contribution in [2.75, 3.05) is 6.54 Å². The minimum absolute atomic E-state index is 0.0705. The van der Waals surface area contributed by atoms with E-state index in [-0.39, 0.29) is 12.3 Å². The number of aromatic nitrogens is 1. The summed E-state index contributed by atoms with van der Waals surface area (Å²) in [5, 5.41) is 13.3. The Balaban J connectivity index is 1.82. The van der Waals surface area contributed by atoms with E-state index in [0.29, 0.717) is 12.5 Å². The molecule has 2 N–H and O–H groups in total. The third-order valence-corrected chi connectivity index (χ3v) is 4.27. The topological polar surface area (TPSA) is 62.2 Å². The molecule has 0 aliphatic heterocycles. The zero-order chi connectivity index (χ0) is 14.6. The molecule has 0 unspecified atom stereocenters. The van der Waals surface area contributed by atoms with E-state index >= 15 is 0 Å². The lowest BCUT2D eigenvalue weighted by Gasteiger charge is -2.34. The molecule has 4 heteroatoms. The lowest BCUT2D eigenvalue weighted by molar-refractivity contribution is -0.122. The van der Waals surface area contributed by atoms with Crippen LogP contribution >= 0.6 is 0 Å². The first kappa shape index (κ1) is 15.0. The van der Waals surface area contributed by atoms with Gasteiger partial charge in [-0.25, -0.2) is 0 Å². The van der Waals surface area contributed by atoms with Crippen LogP contribution in [0, 0.1) is 12.8 Å². The number of hydrogen-bond donors (Lipinski definition) is 2. The van der Waals surface area contributed by atoms with Gasteiger partial charge in [-0.1, -0.05) is 13.0 Å². The van der Waals surface area contributed by atoms with Crippen molar-refractivity contribution in [2.24, 2.45) is 5.92 Å². The molecular weight excluding hydrogens is 252 g/mol. The van der Waals surface area contributed by atoms with Crippen molar-refractivity contribution in [3.05, 3.63) is 29.6 Å². The quantitative estimate of drug-likeness (QED) is 0.884. The summed E-state index contributed by atoms with van der Waals surface area (Å²) in [6, 6.07) is 3.81. The summed E-state index contributed by atoms with van der Waals surface area (Å²) in [4.78, 5) is 16.2. The van der Waals surface area contributed by atoms with Crippen LogP contribution < -0.4 is 5.32 Å². The third kappa shape index (κ3) is 4.04. The molecule has 2 rings (SSSR count). The summed E-state index contributed by atoms with van der Waals surface area (Å²) in [5.74, 6) is 0.612. The van der Waals surface area contributed by atoms with Gasteiger partial charge in [0.25, 0.3) is 0 Å². The van der Waals surface area contributed by atoms with E-state index in [1.54, 1.807) is 6.20 Å². The van der Waals surface area contributed by atoms with Gasteiger partial charge in [0.05, 0.1) is 17.7 Å². The van der Waals surface area contributed by atoms with E-state index in [1.807, 2.05) is 19.1 Å². The molecular formula is C16H24N2O2. The first-order valence-corrected chi connectivity index (χ1v) is 7.38. The molecule has 1 fully saturated rings. The third-order valence-electron chi connectivity index (χ3n) is 4.27. The molecule has 0 spiro atoms. The maximum absolute atomic E-state index is 12.0. The van der Waals surface area contributed by atoms with Crippen LogP contribution in [0.25, 0.3) is 0 Å². The fraction of sp³-hybridized carbons (Fsp3) is 0.625. The summed E-state index contributed by atoms with van der Waals surface area (Å²) in [6.45, 7) is 4.51. The fourth-order valence-corrected chi connectivity index (χ4v) is 2.66. The molecule has 1 heterocycles. The van der Waals surface area contributed by atoms with Crippen molar-refractivity contribution in [2.45, 2.75) is 51.6 Å². The van der Waals surface area contributed by atoms with Crippen LogP contribution in [0.2, 0.25) is 0 Å². The Bertz CT molecular complexity index is 465. The van der Waals surface area contributed by atoms with Gasteiger partial charge < -0.3 is 10.4 Å². The Labute approximate surface area is 120 Å². The van der Waals surface area contributed by atoms with Gasteiger partial charge in [-0.3, -0.25) is 9.78 Å². The zero-order valence-electron chi connectivity index (χ0n) is 12.4. The predicted octanol–water partition coefficient (Wildman–Crippen LogP) is 1.99. The Morgan fingerprint density at radius 2 is 2.20 bits per heavy atom.